The zero-order valence-electron chi connectivity index (χ0n) is 60.3. The summed E-state index contributed by atoms with van der Waals surface area (Å²) in [6.45, 7) is 15.3. The minimum Gasteiger partial charge on any atom is -0.506 e. The maximum Gasteiger partial charge on any atom is 0.209 e. The van der Waals surface area contributed by atoms with Crippen LogP contribution in [0.4, 0.5) is 45.5 Å². The van der Waals surface area contributed by atoms with E-state index in [1.54, 1.807) is 28.4 Å². The van der Waals surface area contributed by atoms with Crippen LogP contribution in [0.5, 0.6) is 23.0 Å². The van der Waals surface area contributed by atoms with Gasteiger partial charge in [-0.25, -0.2) is 0 Å². The fourth-order valence-corrected chi connectivity index (χ4v) is 14.7. The number of ketones is 1. The van der Waals surface area contributed by atoms with E-state index in [1.165, 1.54) is 165 Å². The number of methoxy groups -OCH3 is 4. The standard InChI is InChI=1S/C86H114N4O6/c1-11-13-15-17-19-21-23-25-27-29-31-33-35-37-59-87-79-57-47-69(89(65-39-49-71(93-7)50-40-65)66-41-51-72(94-8)52-42-66)61-77(79)85(3,4)81(87)63-75-83(91)76(84(75)92)64-82-86(5,6)78-62-70(90(67-43-53-73(95-9)54-44-67)68-45-55-74(96-10)56-46-68)48-58-80(78)88(82)60-38-36-34-32-30-28-26-24-22-20-18-16-14-12-2/h39-58,61-64H,11-38,59-60H2,1-10H3/p+1. The molecular formula is C86H115N4O6+. The Bertz CT molecular complexity index is 3460. The van der Waals surface area contributed by atoms with Gasteiger partial charge in [0.25, 0.3) is 0 Å². The molecule has 96 heavy (non-hydrogen) atoms. The number of rotatable bonds is 42. The number of unbranched alkanes of at least 4 members (excludes halogenated alkanes) is 26. The summed E-state index contributed by atoms with van der Waals surface area (Å²) in [7, 11) is 6.78. The van der Waals surface area contributed by atoms with E-state index in [-0.39, 0.29) is 11.5 Å². The predicted octanol–water partition coefficient (Wildman–Crippen LogP) is 24.0. The number of allylic oxidation sites excluding steroid dienone is 5. The van der Waals surface area contributed by atoms with Crippen LogP contribution < -0.4 is 33.6 Å². The number of hydrogen-bond donors (Lipinski definition) is 1. The number of carbonyl (C=O) groups is 1. The molecule has 2 heterocycles. The van der Waals surface area contributed by atoms with Crippen LogP contribution in [0, 0.1) is 0 Å². The quantitative estimate of drug-likeness (QED) is 0.0229. The molecule has 0 aromatic heterocycles. The van der Waals surface area contributed by atoms with Crippen LogP contribution in [0.25, 0.3) is 0 Å². The first-order valence-corrected chi connectivity index (χ1v) is 37.1. The van der Waals surface area contributed by atoms with E-state index in [2.05, 4.69) is 146 Å². The first-order valence-electron chi connectivity index (χ1n) is 37.1. The average molecular weight is 1300 g/mol. The highest BCUT2D eigenvalue weighted by Crippen LogP contribution is 2.52. The van der Waals surface area contributed by atoms with Crippen molar-refractivity contribution in [3.8, 4) is 23.0 Å². The molecule has 0 atom stereocenters. The number of ether oxygens (including phenoxy) is 4. The smallest absolute Gasteiger partial charge is 0.209 e. The minimum absolute atomic E-state index is 0.0585. The van der Waals surface area contributed by atoms with Gasteiger partial charge in [-0.05, 0) is 166 Å². The zero-order valence-corrected chi connectivity index (χ0v) is 60.3. The van der Waals surface area contributed by atoms with E-state index in [4.69, 9.17) is 18.9 Å². The number of aliphatic hydroxyl groups is 1. The van der Waals surface area contributed by atoms with Crippen molar-refractivity contribution < 1.29 is 33.4 Å². The van der Waals surface area contributed by atoms with Crippen molar-refractivity contribution in [1.29, 1.82) is 0 Å². The van der Waals surface area contributed by atoms with Gasteiger partial charge in [0.15, 0.2) is 5.71 Å². The second-order valence-electron chi connectivity index (χ2n) is 28.2. The van der Waals surface area contributed by atoms with Crippen LogP contribution in [0.2, 0.25) is 0 Å². The summed E-state index contributed by atoms with van der Waals surface area (Å²) in [5.74, 6) is 3.10. The SMILES string of the molecule is CCCCCCCCCCCCCCCCN1/C(=C/C2=C(O)C(=C\C3=[N+](CCCCCCCCCCCCCCCC)c4ccc(N(c5ccc(OC)cc5)c5ccc(OC)cc5)cc4C3(C)C)/C2=O)C(C)(C)c2cc(N(c3ccc(OC)cc3)c3ccc(OC)cc3)ccc21. The number of anilines is 7. The Morgan fingerprint density at radius 2 is 0.760 bits per heavy atom. The molecule has 0 unspecified atom stereocenters. The second-order valence-corrected chi connectivity index (χ2v) is 28.2. The summed E-state index contributed by atoms with van der Waals surface area (Å²) >= 11 is 0. The summed E-state index contributed by atoms with van der Waals surface area (Å²) < 4.78 is 24.9. The fourth-order valence-electron chi connectivity index (χ4n) is 14.7. The van der Waals surface area contributed by atoms with Crippen molar-refractivity contribution in [1.82, 2.24) is 0 Å². The van der Waals surface area contributed by atoms with Crippen molar-refractivity contribution >= 4 is 57.0 Å². The summed E-state index contributed by atoms with van der Waals surface area (Å²) in [6.07, 6.45) is 40.3. The number of nitrogens with zero attached hydrogens (tertiary/aromatic N) is 4. The molecule has 1 N–H and O–H groups in total. The highest BCUT2D eigenvalue weighted by atomic mass is 16.5. The second kappa shape index (κ2) is 36.0. The average Bonchev–Trinajstić information content (AvgIpc) is 1.57. The maximum atomic E-state index is 15.2. The van der Waals surface area contributed by atoms with Gasteiger partial charge < -0.3 is 38.8 Å². The molecule has 0 amide bonds. The zero-order chi connectivity index (χ0) is 67.9. The first-order chi connectivity index (χ1) is 46.8. The van der Waals surface area contributed by atoms with Gasteiger partial charge in [0, 0.05) is 81.6 Å². The normalized spacial score (nSPS) is 15.4. The Hall–Kier alpha value is -7.72. The summed E-state index contributed by atoms with van der Waals surface area (Å²) in [4.78, 5) is 22.2. The van der Waals surface area contributed by atoms with Gasteiger partial charge in [-0.15, -0.1) is 0 Å². The molecule has 0 spiro atoms. The van der Waals surface area contributed by atoms with Gasteiger partial charge in [0.1, 0.15) is 35.3 Å². The number of fused-ring (bicyclic) bond motifs is 2. The number of benzene rings is 6. The molecule has 9 rings (SSSR count). The topological polar surface area (TPSA) is 87.0 Å². The van der Waals surface area contributed by atoms with Crippen molar-refractivity contribution in [2.45, 2.75) is 232 Å². The Morgan fingerprint density at radius 1 is 0.417 bits per heavy atom. The van der Waals surface area contributed by atoms with E-state index in [9.17, 15) is 5.11 Å². The van der Waals surface area contributed by atoms with Gasteiger partial charge in [-0.1, -0.05) is 188 Å². The number of Topliss-reactive ketones (excluding diaryl/α,β-unsaturated/α-hetero) is 1. The highest BCUT2D eigenvalue weighted by molar-refractivity contribution is 6.24. The lowest BCUT2D eigenvalue weighted by atomic mass is 9.77. The molecule has 0 fully saturated rings. The maximum absolute atomic E-state index is 15.2. The molecule has 0 bridgehead atoms. The van der Waals surface area contributed by atoms with Crippen molar-refractivity contribution in [2.24, 2.45) is 0 Å². The minimum atomic E-state index is -0.530. The third kappa shape index (κ3) is 18.1. The third-order valence-corrected chi connectivity index (χ3v) is 20.6. The van der Waals surface area contributed by atoms with Crippen LogP contribution in [-0.2, 0) is 15.6 Å². The first kappa shape index (κ1) is 72.5. The monoisotopic (exact) mass is 1300 g/mol. The largest absolute Gasteiger partial charge is 0.506 e. The molecule has 1 aliphatic carbocycles. The van der Waals surface area contributed by atoms with Crippen LogP contribution in [-0.4, -0.2) is 62.7 Å². The van der Waals surface area contributed by atoms with Crippen LogP contribution in [0.3, 0.4) is 0 Å². The van der Waals surface area contributed by atoms with E-state index in [0.717, 1.165) is 119 Å². The van der Waals surface area contributed by atoms with Gasteiger partial charge in [-0.3, -0.25) is 4.79 Å². The Balaban J connectivity index is 1.01. The molecule has 0 radical (unpaired) electrons. The molecule has 3 aliphatic rings. The van der Waals surface area contributed by atoms with E-state index < -0.39 is 10.8 Å². The summed E-state index contributed by atoms with van der Waals surface area (Å²) in [6, 6.07) is 46.4. The molecular weight excluding hydrogens is 1180 g/mol. The molecule has 2 aliphatic heterocycles. The van der Waals surface area contributed by atoms with Crippen LogP contribution in [0.1, 0.15) is 232 Å². The molecule has 10 heteroatoms. The lowest BCUT2D eigenvalue weighted by Crippen LogP contribution is -2.32. The van der Waals surface area contributed by atoms with E-state index in [1.807, 2.05) is 60.7 Å². The van der Waals surface area contributed by atoms with Gasteiger partial charge >= 0.3 is 0 Å². The Labute approximate surface area is 578 Å². The molecule has 0 saturated heterocycles. The van der Waals surface area contributed by atoms with E-state index in [0.29, 0.717) is 11.1 Å². The molecule has 6 aromatic rings. The van der Waals surface area contributed by atoms with Crippen molar-refractivity contribution in [2.75, 3.05) is 56.2 Å². The Kier molecular flexibility index (Phi) is 27.2. The lowest BCUT2D eigenvalue weighted by Gasteiger charge is -2.29. The highest BCUT2D eigenvalue weighted by Gasteiger charge is 2.48. The number of aliphatic hydroxyl groups excluding tert-OH is 1. The van der Waals surface area contributed by atoms with E-state index >= 15 is 4.79 Å². The molecule has 514 valence electrons. The van der Waals surface area contributed by atoms with Gasteiger partial charge in [-0.2, -0.15) is 4.58 Å². The van der Waals surface area contributed by atoms with Crippen LogP contribution >= 0.6 is 0 Å². The van der Waals surface area contributed by atoms with Gasteiger partial charge in [0.2, 0.25) is 11.5 Å². The van der Waals surface area contributed by atoms with Crippen molar-refractivity contribution in [3.63, 3.8) is 0 Å². The summed E-state index contributed by atoms with van der Waals surface area (Å²) in [5, 5.41) is 12.6. The predicted molar refractivity (Wildman–Crippen MR) is 403 cm³/mol. The van der Waals surface area contributed by atoms with Crippen molar-refractivity contribution in [3.05, 3.63) is 179 Å². The number of carbonyl (C=O) groups excluding carboxylic acids is 1. The Morgan fingerprint density at radius 3 is 1.14 bits per heavy atom. The number of hydrogen-bond acceptors (Lipinski definition) is 9. The molecule has 0 saturated carbocycles. The fraction of sp³-hybridized carbons (Fsp3) is 0.488. The lowest BCUT2D eigenvalue weighted by molar-refractivity contribution is -0.438. The summed E-state index contributed by atoms with van der Waals surface area (Å²) in [5.41, 5.74) is 12.3. The third-order valence-electron chi connectivity index (χ3n) is 20.6. The van der Waals surface area contributed by atoms with Gasteiger partial charge in [0.05, 0.1) is 45.0 Å². The molecule has 6 aromatic carbocycles. The molecule has 10 nitrogen and oxygen atoms in total. The van der Waals surface area contributed by atoms with Crippen LogP contribution in [0.15, 0.2) is 168 Å².